The molecule has 4 aromatic rings. The first-order valence-electron chi connectivity index (χ1n) is 7.78. The number of halogens is 2. The number of nitrogens with zero attached hydrogens (tertiary/aromatic N) is 5. The molecule has 0 bridgehead atoms. The van der Waals surface area contributed by atoms with Gasteiger partial charge in [0.05, 0.1) is 5.75 Å². The molecule has 0 aliphatic heterocycles. The number of hydrogen-bond donors (Lipinski definition) is 1. The molecule has 2 heterocycles. The average Bonchev–Trinajstić information content (AvgIpc) is 3.28. The molecule has 4 rings (SSSR count). The zero-order valence-corrected chi connectivity index (χ0v) is 15.3. The van der Waals surface area contributed by atoms with E-state index in [4.69, 9.17) is 22.0 Å². The normalized spacial score (nSPS) is 11.0. The van der Waals surface area contributed by atoms with Crippen molar-refractivity contribution < 1.29 is 8.91 Å². The van der Waals surface area contributed by atoms with E-state index < -0.39 is 0 Å². The van der Waals surface area contributed by atoms with E-state index in [1.54, 1.807) is 24.3 Å². The summed E-state index contributed by atoms with van der Waals surface area (Å²) in [5.41, 5.74) is 1.47. The minimum absolute atomic E-state index is 0.329. The molecular weight excluding hydrogens is 391 g/mol. The molecule has 0 spiro atoms. The lowest BCUT2D eigenvalue weighted by Gasteiger charge is -2.02. The van der Waals surface area contributed by atoms with E-state index in [-0.39, 0.29) is 5.82 Å². The molecule has 0 saturated heterocycles. The average molecular weight is 403 g/mol. The second kappa shape index (κ2) is 7.37. The van der Waals surface area contributed by atoms with Crippen LogP contribution in [-0.2, 0) is 5.75 Å². The zero-order chi connectivity index (χ0) is 18.8. The quantitative estimate of drug-likeness (QED) is 0.400. The highest BCUT2D eigenvalue weighted by molar-refractivity contribution is 7.98. The van der Waals surface area contributed by atoms with Crippen LogP contribution in [0.1, 0.15) is 5.89 Å². The van der Waals surface area contributed by atoms with E-state index in [1.807, 2.05) is 12.1 Å². The van der Waals surface area contributed by atoms with Crippen LogP contribution in [-0.4, -0.2) is 25.0 Å². The van der Waals surface area contributed by atoms with E-state index in [2.05, 4.69) is 20.3 Å². The molecule has 7 nitrogen and oxygen atoms in total. The molecule has 2 N–H and O–H groups in total. The van der Waals surface area contributed by atoms with Gasteiger partial charge < -0.3 is 10.4 Å². The van der Waals surface area contributed by atoms with Crippen LogP contribution in [0.5, 0.6) is 0 Å². The van der Waals surface area contributed by atoms with Gasteiger partial charge >= 0.3 is 0 Å². The van der Waals surface area contributed by atoms with Gasteiger partial charge in [-0.3, -0.25) is 0 Å². The SMILES string of the molecule is Nn1c(SCc2nc(-c3ccc(Cl)cc3)no2)nnc1-c1ccc(F)cc1. The highest BCUT2D eigenvalue weighted by Gasteiger charge is 2.15. The monoisotopic (exact) mass is 402 g/mol. The Hall–Kier alpha value is -2.91. The van der Waals surface area contributed by atoms with Crippen LogP contribution < -0.4 is 5.84 Å². The number of nitrogen functional groups attached to an aromatic ring is 1. The molecule has 0 unspecified atom stereocenters. The topological polar surface area (TPSA) is 95.7 Å². The van der Waals surface area contributed by atoms with Gasteiger partial charge in [-0.1, -0.05) is 28.5 Å². The minimum Gasteiger partial charge on any atom is -0.338 e. The molecule has 0 atom stereocenters. The van der Waals surface area contributed by atoms with Crippen LogP contribution in [0.3, 0.4) is 0 Å². The Morgan fingerprint density at radius 3 is 2.48 bits per heavy atom. The lowest BCUT2D eigenvalue weighted by Crippen LogP contribution is -2.11. The predicted molar refractivity (Wildman–Crippen MR) is 99.9 cm³/mol. The molecule has 0 aliphatic carbocycles. The molecule has 0 saturated carbocycles. The summed E-state index contributed by atoms with van der Waals surface area (Å²) in [6.07, 6.45) is 0. The lowest BCUT2D eigenvalue weighted by molar-refractivity contribution is 0.391. The van der Waals surface area contributed by atoms with Crippen molar-refractivity contribution in [2.75, 3.05) is 5.84 Å². The first-order valence-corrected chi connectivity index (χ1v) is 9.14. The largest absolute Gasteiger partial charge is 0.338 e. The van der Waals surface area contributed by atoms with Gasteiger partial charge in [-0.15, -0.1) is 10.2 Å². The van der Waals surface area contributed by atoms with Gasteiger partial charge in [0.15, 0.2) is 5.82 Å². The summed E-state index contributed by atoms with van der Waals surface area (Å²) in [6.45, 7) is 0. The number of rotatable bonds is 5. The predicted octanol–water partition coefficient (Wildman–Crippen LogP) is 3.79. The third-order valence-electron chi connectivity index (χ3n) is 3.66. The second-order valence-electron chi connectivity index (χ2n) is 5.49. The highest BCUT2D eigenvalue weighted by Crippen LogP contribution is 2.25. The molecule has 27 heavy (non-hydrogen) atoms. The standard InChI is InChI=1S/C17H12ClFN6OS/c18-12-5-1-10(2-6-12)15-21-14(26-24-15)9-27-17-23-22-16(25(17)20)11-3-7-13(19)8-4-11/h1-8H,9,20H2. The molecule has 0 radical (unpaired) electrons. The van der Waals surface area contributed by atoms with Crippen molar-refractivity contribution >= 4 is 23.4 Å². The zero-order valence-electron chi connectivity index (χ0n) is 13.7. The van der Waals surface area contributed by atoms with Crippen LogP contribution in [0.4, 0.5) is 4.39 Å². The molecule has 0 aliphatic rings. The summed E-state index contributed by atoms with van der Waals surface area (Å²) in [5.74, 6) is 7.43. The van der Waals surface area contributed by atoms with E-state index in [0.29, 0.717) is 39.0 Å². The fourth-order valence-corrected chi connectivity index (χ4v) is 3.15. The summed E-state index contributed by atoms with van der Waals surface area (Å²) in [4.78, 5) is 4.35. The summed E-state index contributed by atoms with van der Waals surface area (Å²) in [5, 5.41) is 13.2. The Morgan fingerprint density at radius 1 is 1.04 bits per heavy atom. The van der Waals surface area contributed by atoms with Gasteiger partial charge in [-0.25, -0.2) is 9.07 Å². The Morgan fingerprint density at radius 2 is 1.74 bits per heavy atom. The second-order valence-corrected chi connectivity index (χ2v) is 6.87. The molecule has 0 amide bonds. The minimum atomic E-state index is -0.329. The summed E-state index contributed by atoms with van der Waals surface area (Å²) < 4.78 is 19.7. The van der Waals surface area contributed by atoms with E-state index in [0.717, 1.165) is 5.56 Å². The Bertz CT molecular complexity index is 1060. The number of hydrogen-bond acceptors (Lipinski definition) is 7. The molecule has 2 aromatic heterocycles. The van der Waals surface area contributed by atoms with Gasteiger partial charge in [0, 0.05) is 16.1 Å². The molecular formula is C17H12ClFN6OS. The molecule has 0 fully saturated rings. The van der Waals surface area contributed by atoms with Crippen LogP contribution in [0.25, 0.3) is 22.8 Å². The number of nitrogens with two attached hydrogens (primary N) is 1. The fourth-order valence-electron chi connectivity index (χ4n) is 2.33. The van der Waals surface area contributed by atoms with Crippen molar-refractivity contribution in [2.24, 2.45) is 0 Å². The smallest absolute Gasteiger partial charge is 0.237 e. The number of benzene rings is 2. The summed E-state index contributed by atoms with van der Waals surface area (Å²) in [6, 6.07) is 13.0. The van der Waals surface area contributed by atoms with Gasteiger partial charge in [0.1, 0.15) is 5.82 Å². The molecule has 10 heteroatoms. The van der Waals surface area contributed by atoms with Gasteiger partial charge in [-0.2, -0.15) is 4.98 Å². The van der Waals surface area contributed by atoms with Crippen molar-refractivity contribution in [1.29, 1.82) is 0 Å². The Labute approximate surface area is 162 Å². The van der Waals surface area contributed by atoms with Crippen LogP contribution >= 0.6 is 23.4 Å². The van der Waals surface area contributed by atoms with Gasteiger partial charge in [0.2, 0.25) is 16.9 Å². The third kappa shape index (κ3) is 3.79. The summed E-state index contributed by atoms with van der Waals surface area (Å²) in [7, 11) is 0. The molecule has 136 valence electrons. The van der Waals surface area contributed by atoms with Crippen molar-refractivity contribution in [1.82, 2.24) is 25.0 Å². The van der Waals surface area contributed by atoms with Crippen molar-refractivity contribution in [3.63, 3.8) is 0 Å². The van der Waals surface area contributed by atoms with E-state index in [1.165, 1.54) is 28.6 Å². The summed E-state index contributed by atoms with van der Waals surface area (Å²) >= 11 is 7.18. The maximum atomic E-state index is 13.1. The highest BCUT2D eigenvalue weighted by atomic mass is 35.5. The van der Waals surface area contributed by atoms with Crippen molar-refractivity contribution in [3.05, 3.63) is 65.3 Å². The van der Waals surface area contributed by atoms with Crippen LogP contribution in [0, 0.1) is 5.82 Å². The lowest BCUT2D eigenvalue weighted by atomic mass is 10.2. The number of aromatic nitrogens is 5. The first kappa shape index (κ1) is 17.5. The van der Waals surface area contributed by atoms with Crippen LogP contribution in [0.15, 0.2) is 58.2 Å². The first-order chi connectivity index (χ1) is 13.1. The Balaban J connectivity index is 1.46. The van der Waals surface area contributed by atoms with Crippen molar-refractivity contribution in [3.8, 4) is 22.8 Å². The fraction of sp³-hybridized carbons (Fsp3) is 0.0588. The number of thioether (sulfide) groups is 1. The maximum Gasteiger partial charge on any atom is 0.237 e. The van der Waals surface area contributed by atoms with E-state index in [9.17, 15) is 4.39 Å². The van der Waals surface area contributed by atoms with Crippen LogP contribution in [0.2, 0.25) is 5.02 Å². The molecule has 2 aromatic carbocycles. The van der Waals surface area contributed by atoms with E-state index >= 15 is 0 Å². The Kier molecular flexibility index (Phi) is 4.78. The van der Waals surface area contributed by atoms with Gasteiger partial charge in [0.25, 0.3) is 0 Å². The maximum absolute atomic E-state index is 13.1. The van der Waals surface area contributed by atoms with Gasteiger partial charge in [-0.05, 0) is 48.5 Å². The third-order valence-corrected chi connectivity index (χ3v) is 4.84. The van der Waals surface area contributed by atoms with Crippen molar-refractivity contribution in [2.45, 2.75) is 10.9 Å².